The molecule has 9 heteroatoms. The van der Waals surface area contributed by atoms with Crippen LogP contribution in [0.2, 0.25) is 5.02 Å². The number of nitrogen functional groups attached to an aromatic ring is 1. The van der Waals surface area contributed by atoms with E-state index in [1.165, 1.54) is 0 Å². The minimum Gasteiger partial charge on any atom is -0.384 e. The lowest BCUT2D eigenvalue weighted by Crippen LogP contribution is -2.03. The van der Waals surface area contributed by atoms with E-state index in [1.54, 1.807) is 22.8 Å². The van der Waals surface area contributed by atoms with Crippen LogP contribution in [0, 0.1) is 22.7 Å². The van der Waals surface area contributed by atoms with Gasteiger partial charge in [-0.1, -0.05) is 35.9 Å². The first-order chi connectivity index (χ1) is 14.6. The average Bonchev–Trinajstić information content (AvgIpc) is 3.30. The Bertz CT molecular complexity index is 1510. The number of nitrogens with zero attached hydrogens (tertiary/aromatic N) is 6. The van der Waals surface area contributed by atoms with Crippen molar-refractivity contribution in [3.05, 3.63) is 64.9 Å². The highest BCUT2D eigenvalue weighted by atomic mass is 35.5. The molecule has 0 spiro atoms. The fraction of sp³-hybridized carbons (Fsp3) is 0. The Morgan fingerprint density at radius 1 is 0.933 bits per heavy atom. The van der Waals surface area contributed by atoms with E-state index in [4.69, 9.17) is 17.3 Å². The van der Waals surface area contributed by atoms with Crippen LogP contribution in [0.25, 0.3) is 39.3 Å². The van der Waals surface area contributed by atoms with Gasteiger partial charge in [0.15, 0.2) is 17.0 Å². The lowest BCUT2D eigenvalue weighted by Gasteiger charge is -2.09. The van der Waals surface area contributed by atoms with Crippen LogP contribution in [-0.2, 0) is 0 Å². The quantitative estimate of drug-likeness (QED) is 0.452. The van der Waals surface area contributed by atoms with Gasteiger partial charge in [-0.05, 0) is 24.3 Å². The second-order valence-electron chi connectivity index (χ2n) is 6.47. The Labute approximate surface area is 174 Å². The summed E-state index contributed by atoms with van der Waals surface area (Å²) in [6.07, 6.45) is 0. The molecule has 0 bridgehead atoms. The first-order valence-corrected chi connectivity index (χ1v) is 9.22. The molecule has 0 fully saturated rings. The van der Waals surface area contributed by atoms with Crippen LogP contribution < -0.4 is 5.73 Å². The number of para-hydroxylation sites is 3. The molecule has 0 aliphatic heterocycles. The topological polar surface area (TPSA) is 133 Å². The van der Waals surface area contributed by atoms with Crippen LogP contribution >= 0.6 is 11.6 Å². The lowest BCUT2D eigenvalue weighted by molar-refractivity contribution is 1.08. The summed E-state index contributed by atoms with van der Waals surface area (Å²) in [5, 5.41) is 19.3. The second-order valence-corrected chi connectivity index (χ2v) is 6.87. The molecule has 0 amide bonds. The predicted octanol–water partition coefficient (Wildman–Crippen LogP) is 3.94. The van der Waals surface area contributed by atoms with Crippen molar-refractivity contribution in [2.45, 2.75) is 0 Å². The number of nitrogens with two attached hydrogens (primary N) is 1. The number of imidazole rings is 1. The number of hydrogen-bond acceptors (Lipinski definition) is 6. The largest absolute Gasteiger partial charge is 0.384 e. The van der Waals surface area contributed by atoms with Crippen LogP contribution in [0.5, 0.6) is 0 Å². The lowest BCUT2D eigenvalue weighted by atomic mass is 10.2. The summed E-state index contributed by atoms with van der Waals surface area (Å²) in [5.41, 5.74) is 9.68. The minimum atomic E-state index is -0.0908. The summed E-state index contributed by atoms with van der Waals surface area (Å²) >= 11 is 6.42. The Morgan fingerprint density at radius 3 is 2.37 bits per heavy atom. The van der Waals surface area contributed by atoms with E-state index < -0.39 is 0 Å². The molecule has 2 aromatic carbocycles. The van der Waals surface area contributed by atoms with Crippen molar-refractivity contribution in [3.63, 3.8) is 0 Å². The number of nitrogens with one attached hydrogen (secondary N) is 1. The monoisotopic (exact) mass is 410 g/mol. The van der Waals surface area contributed by atoms with Gasteiger partial charge in [-0.2, -0.15) is 10.5 Å². The van der Waals surface area contributed by atoms with Crippen molar-refractivity contribution in [2.75, 3.05) is 5.73 Å². The highest BCUT2D eigenvalue weighted by Crippen LogP contribution is 2.38. The first kappa shape index (κ1) is 17.7. The molecule has 3 heterocycles. The maximum atomic E-state index is 9.44. The molecule has 8 nitrogen and oxygen atoms in total. The van der Waals surface area contributed by atoms with Crippen molar-refractivity contribution in [1.29, 1.82) is 10.5 Å². The fourth-order valence-electron chi connectivity index (χ4n) is 3.43. The maximum Gasteiger partial charge on any atom is 0.179 e. The standard InChI is InChI=1S/C21H11ClN8/c22-11-5-1-4-8-16(11)30-19(25)17(20-27-12-6-2-3-7-13(12)28-20)18-21(30)29-15(10-24)14(9-23)26-18/h1-8H,25H2,(H,27,28). The Hall–Kier alpha value is -4.40. The molecule has 0 radical (unpaired) electrons. The molecule has 5 aromatic rings. The third-order valence-corrected chi connectivity index (χ3v) is 5.07. The molecule has 3 N–H and O–H groups in total. The number of halogens is 1. The number of benzene rings is 2. The fourth-order valence-corrected chi connectivity index (χ4v) is 3.66. The third-order valence-electron chi connectivity index (χ3n) is 4.75. The van der Waals surface area contributed by atoms with Crippen molar-refractivity contribution in [2.24, 2.45) is 0 Å². The van der Waals surface area contributed by atoms with Crippen LogP contribution in [-0.4, -0.2) is 24.5 Å². The number of H-pyrrole nitrogens is 1. The molecule has 0 aliphatic rings. The van der Waals surface area contributed by atoms with Crippen LogP contribution in [0.4, 0.5) is 5.82 Å². The highest BCUT2D eigenvalue weighted by molar-refractivity contribution is 6.32. The minimum absolute atomic E-state index is 0.0846. The third kappa shape index (κ3) is 2.49. The molecule has 0 unspecified atom stereocenters. The van der Waals surface area contributed by atoms with E-state index in [1.807, 2.05) is 42.5 Å². The van der Waals surface area contributed by atoms with Gasteiger partial charge in [-0.25, -0.2) is 15.0 Å². The van der Waals surface area contributed by atoms with Gasteiger partial charge >= 0.3 is 0 Å². The van der Waals surface area contributed by atoms with Crippen molar-refractivity contribution < 1.29 is 0 Å². The number of rotatable bonds is 2. The van der Waals surface area contributed by atoms with E-state index in [9.17, 15) is 10.5 Å². The van der Waals surface area contributed by atoms with Crippen molar-refractivity contribution in [1.82, 2.24) is 24.5 Å². The number of anilines is 1. The molecule has 30 heavy (non-hydrogen) atoms. The zero-order valence-corrected chi connectivity index (χ0v) is 16.0. The number of nitriles is 2. The molecule has 0 saturated carbocycles. The summed E-state index contributed by atoms with van der Waals surface area (Å²) in [6, 6.07) is 18.5. The number of aromatic nitrogens is 5. The molecular formula is C21H11ClN8. The number of hydrogen-bond donors (Lipinski definition) is 2. The first-order valence-electron chi connectivity index (χ1n) is 8.84. The van der Waals surface area contributed by atoms with Crippen molar-refractivity contribution >= 4 is 39.6 Å². The van der Waals surface area contributed by atoms with Gasteiger partial charge < -0.3 is 10.7 Å². The van der Waals surface area contributed by atoms with Crippen LogP contribution in [0.15, 0.2) is 48.5 Å². The van der Waals surface area contributed by atoms with E-state index in [0.717, 1.165) is 11.0 Å². The Kier molecular flexibility index (Phi) is 3.88. The summed E-state index contributed by atoms with van der Waals surface area (Å²) < 4.78 is 1.62. The predicted molar refractivity (Wildman–Crippen MR) is 113 cm³/mol. The van der Waals surface area contributed by atoms with E-state index >= 15 is 0 Å². The normalized spacial score (nSPS) is 10.9. The molecular weight excluding hydrogens is 400 g/mol. The highest BCUT2D eigenvalue weighted by Gasteiger charge is 2.25. The zero-order valence-electron chi connectivity index (χ0n) is 15.3. The van der Waals surface area contributed by atoms with Gasteiger partial charge in [-0.3, -0.25) is 4.57 Å². The van der Waals surface area contributed by atoms with Gasteiger partial charge in [-0.15, -0.1) is 0 Å². The summed E-state index contributed by atoms with van der Waals surface area (Å²) in [5.74, 6) is 0.767. The van der Waals surface area contributed by atoms with Gasteiger partial charge in [0.25, 0.3) is 0 Å². The Morgan fingerprint density at radius 2 is 1.63 bits per heavy atom. The van der Waals surface area contributed by atoms with E-state index in [0.29, 0.717) is 33.3 Å². The molecule has 0 atom stereocenters. The van der Waals surface area contributed by atoms with Crippen LogP contribution in [0.1, 0.15) is 11.4 Å². The average molecular weight is 411 g/mol. The number of fused-ring (bicyclic) bond motifs is 2. The number of aromatic amines is 1. The zero-order chi connectivity index (χ0) is 20.8. The molecule has 5 rings (SSSR count). The molecule has 3 aromatic heterocycles. The molecule has 0 aliphatic carbocycles. The maximum absolute atomic E-state index is 9.44. The van der Waals surface area contributed by atoms with Gasteiger partial charge in [0.1, 0.15) is 29.3 Å². The van der Waals surface area contributed by atoms with Gasteiger partial charge in [0, 0.05) is 0 Å². The SMILES string of the molecule is N#Cc1nc2c(-c3nc4ccccc4[nH]3)c(N)n(-c3ccccc3Cl)c2nc1C#N. The summed E-state index contributed by atoms with van der Waals surface area (Å²) in [7, 11) is 0. The summed E-state index contributed by atoms with van der Waals surface area (Å²) in [6.45, 7) is 0. The molecule has 142 valence electrons. The Balaban J connectivity index is 1.94. The second kappa shape index (κ2) is 6.59. The molecule has 0 saturated heterocycles. The van der Waals surface area contributed by atoms with Gasteiger partial charge in [0.05, 0.1) is 27.3 Å². The summed E-state index contributed by atoms with van der Waals surface area (Å²) in [4.78, 5) is 16.6. The van der Waals surface area contributed by atoms with E-state index in [2.05, 4.69) is 19.9 Å². The van der Waals surface area contributed by atoms with Crippen LogP contribution in [0.3, 0.4) is 0 Å². The van der Waals surface area contributed by atoms with Gasteiger partial charge in [0.2, 0.25) is 0 Å². The van der Waals surface area contributed by atoms with Crippen molar-refractivity contribution in [3.8, 4) is 29.2 Å². The van der Waals surface area contributed by atoms with E-state index in [-0.39, 0.29) is 17.2 Å². The smallest absolute Gasteiger partial charge is 0.179 e.